The first-order valence-corrected chi connectivity index (χ1v) is 4.60. The zero-order chi connectivity index (χ0) is 9.68. The van der Waals surface area contributed by atoms with Crippen LogP contribution in [0.2, 0.25) is 0 Å². The van der Waals surface area contributed by atoms with E-state index in [9.17, 15) is 4.79 Å². The van der Waals surface area contributed by atoms with E-state index in [1.54, 1.807) is 0 Å². The van der Waals surface area contributed by atoms with Crippen LogP contribution in [0.5, 0.6) is 0 Å². The smallest absolute Gasteiger partial charge is 0.162 e. The summed E-state index contributed by atoms with van der Waals surface area (Å²) in [4.78, 5) is 11.3. The van der Waals surface area contributed by atoms with Crippen molar-refractivity contribution in [2.75, 3.05) is 6.54 Å². The fourth-order valence-corrected chi connectivity index (χ4v) is 1.27. The van der Waals surface area contributed by atoms with Crippen LogP contribution in [0.25, 0.3) is 0 Å². The van der Waals surface area contributed by atoms with Crippen molar-refractivity contribution in [3.8, 4) is 0 Å². The normalized spacial score (nSPS) is 10.0. The summed E-state index contributed by atoms with van der Waals surface area (Å²) in [5.74, 6) is 0.193. The Kier molecular flexibility index (Phi) is 3.65. The first kappa shape index (κ1) is 9.93. The van der Waals surface area contributed by atoms with Crippen LogP contribution in [0.3, 0.4) is 0 Å². The third kappa shape index (κ3) is 2.67. The molecule has 2 N–H and O–H groups in total. The number of hydrogen-bond donors (Lipinski definition) is 1. The molecule has 1 rings (SSSR count). The molecule has 1 aromatic rings. The third-order valence-corrected chi connectivity index (χ3v) is 2.00. The minimum absolute atomic E-state index is 0.193. The van der Waals surface area contributed by atoms with E-state index in [4.69, 9.17) is 5.73 Å². The van der Waals surface area contributed by atoms with E-state index in [1.807, 2.05) is 31.2 Å². The van der Waals surface area contributed by atoms with E-state index >= 15 is 0 Å². The topological polar surface area (TPSA) is 43.1 Å². The predicted octanol–water partition coefficient (Wildman–Crippen LogP) is 1.78. The van der Waals surface area contributed by atoms with Gasteiger partial charge in [0.1, 0.15) is 0 Å². The van der Waals surface area contributed by atoms with E-state index < -0.39 is 0 Å². The van der Waals surface area contributed by atoms with Gasteiger partial charge in [0, 0.05) is 12.0 Å². The maximum Gasteiger partial charge on any atom is 0.162 e. The molecule has 0 unspecified atom stereocenters. The number of carbonyl (C=O) groups excluding carboxylic acids is 1. The van der Waals surface area contributed by atoms with Crippen molar-refractivity contribution in [1.82, 2.24) is 0 Å². The van der Waals surface area contributed by atoms with Crippen LogP contribution in [0, 0.1) is 0 Å². The molecule has 0 aliphatic carbocycles. The second-order valence-corrected chi connectivity index (χ2v) is 3.02. The highest BCUT2D eigenvalue weighted by Gasteiger charge is 2.02. The van der Waals surface area contributed by atoms with Gasteiger partial charge < -0.3 is 5.73 Å². The molecule has 0 aliphatic heterocycles. The summed E-state index contributed by atoms with van der Waals surface area (Å²) in [5, 5.41) is 0. The highest BCUT2D eigenvalue weighted by molar-refractivity contribution is 5.95. The first-order chi connectivity index (χ1) is 6.27. The Morgan fingerprint density at radius 2 is 2.23 bits per heavy atom. The van der Waals surface area contributed by atoms with Crippen molar-refractivity contribution in [1.29, 1.82) is 0 Å². The zero-order valence-corrected chi connectivity index (χ0v) is 7.92. The lowest BCUT2D eigenvalue weighted by atomic mass is 10.0. The van der Waals surface area contributed by atoms with Crippen LogP contribution < -0.4 is 5.73 Å². The monoisotopic (exact) mass is 177 g/mol. The SMILES string of the molecule is CCC(=O)c1cccc(CCN)c1. The maximum atomic E-state index is 11.3. The van der Waals surface area contributed by atoms with E-state index in [1.165, 1.54) is 0 Å². The summed E-state index contributed by atoms with van der Waals surface area (Å²) in [6.07, 6.45) is 1.40. The van der Waals surface area contributed by atoms with Gasteiger partial charge in [-0.2, -0.15) is 0 Å². The zero-order valence-electron chi connectivity index (χ0n) is 7.92. The quantitative estimate of drug-likeness (QED) is 0.712. The number of carbonyl (C=O) groups is 1. The molecule has 0 saturated carbocycles. The van der Waals surface area contributed by atoms with Crippen molar-refractivity contribution in [3.63, 3.8) is 0 Å². The molecule has 0 aliphatic rings. The molecule has 70 valence electrons. The van der Waals surface area contributed by atoms with Crippen LogP contribution >= 0.6 is 0 Å². The standard InChI is InChI=1S/C11H15NO/c1-2-11(13)10-5-3-4-9(8-10)6-7-12/h3-5,8H,2,6-7,12H2,1H3. The van der Waals surface area contributed by atoms with E-state index in [0.29, 0.717) is 13.0 Å². The second kappa shape index (κ2) is 4.77. The summed E-state index contributed by atoms with van der Waals surface area (Å²) in [5.41, 5.74) is 7.37. The molecule has 1 aromatic carbocycles. The van der Waals surface area contributed by atoms with Gasteiger partial charge in [-0.25, -0.2) is 0 Å². The van der Waals surface area contributed by atoms with Gasteiger partial charge in [0.15, 0.2) is 5.78 Å². The summed E-state index contributed by atoms with van der Waals surface area (Å²) >= 11 is 0. The summed E-state index contributed by atoms with van der Waals surface area (Å²) in [6.45, 7) is 2.50. The van der Waals surface area contributed by atoms with Gasteiger partial charge in [-0.15, -0.1) is 0 Å². The Morgan fingerprint density at radius 1 is 1.46 bits per heavy atom. The second-order valence-electron chi connectivity index (χ2n) is 3.02. The fraction of sp³-hybridized carbons (Fsp3) is 0.364. The molecule has 0 atom stereocenters. The Balaban J connectivity index is 2.85. The molecule has 0 amide bonds. The minimum Gasteiger partial charge on any atom is -0.330 e. The highest BCUT2D eigenvalue weighted by Crippen LogP contribution is 2.07. The lowest BCUT2D eigenvalue weighted by Crippen LogP contribution is -2.04. The first-order valence-electron chi connectivity index (χ1n) is 4.60. The number of hydrogen-bond acceptors (Lipinski definition) is 2. The van der Waals surface area contributed by atoms with E-state index in [-0.39, 0.29) is 5.78 Å². The van der Waals surface area contributed by atoms with Crippen molar-refractivity contribution in [2.45, 2.75) is 19.8 Å². The third-order valence-electron chi connectivity index (χ3n) is 2.00. The number of nitrogens with two attached hydrogens (primary N) is 1. The molecule has 0 aromatic heterocycles. The Morgan fingerprint density at radius 3 is 2.85 bits per heavy atom. The minimum atomic E-state index is 0.193. The molecule has 2 nitrogen and oxygen atoms in total. The Hall–Kier alpha value is -1.15. The lowest BCUT2D eigenvalue weighted by Gasteiger charge is -2.01. The summed E-state index contributed by atoms with van der Waals surface area (Å²) in [6, 6.07) is 7.69. The fourth-order valence-electron chi connectivity index (χ4n) is 1.27. The molecule has 0 spiro atoms. The van der Waals surface area contributed by atoms with Gasteiger partial charge in [0.05, 0.1) is 0 Å². The van der Waals surface area contributed by atoms with Crippen molar-refractivity contribution in [2.24, 2.45) is 5.73 Å². The molecule has 0 radical (unpaired) electrons. The highest BCUT2D eigenvalue weighted by atomic mass is 16.1. The van der Waals surface area contributed by atoms with Gasteiger partial charge in [-0.1, -0.05) is 25.1 Å². The Labute approximate surface area is 78.8 Å². The number of Topliss-reactive ketones (excluding diaryl/α,β-unsaturated/α-hetero) is 1. The lowest BCUT2D eigenvalue weighted by molar-refractivity contribution is 0.0988. The molecule has 13 heavy (non-hydrogen) atoms. The van der Waals surface area contributed by atoms with E-state index in [2.05, 4.69) is 0 Å². The number of ketones is 1. The molecular weight excluding hydrogens is 162 g/mol. The molecule has 2 heteroatoms. The van der Waals surface area contributed by atoms with Crippen molar-refractivity contribution < 1.29 is 4.79 Å². The Bertz CT molecular complexity index is 294. The predicted molar refractivity (Wildman–Crippen MR) is 53.8 cm³/mol. The van der Waals surface area contributed by atoms with Crippen LogP contribution in [0.1, 0.15) is 29.3 Å². The summed E-state index contributed by atoms with van der Waals surface area (Å²) in [7, 11) is 0. The molecule has 0 fully saturated rings. The average Bonchev–Trinajstić information content (AvgIpc) is 2.18. The van der Waals surface area contributed by atoms with Crippen LogP contribution in [-0.2, 0) is 6.42 Å². The average molecular weight is 177 g/mol. The number of benzene rings is 1. The van der Waals surface area contributed by atoms with Crippen LogP contribution in [-0.4, -0.2) is 12.3 Å². The molecule has 0 bridgehead atoms. The summed E-state index contributed by atoms with van der Waals surface area (Å²) < 4.78 is 0. The van der Waals surface area contributed by atoms with Crippen LogP contribution in [0.4, 0.5) is 0 Å². The van der Waals surface area contributed by atoms with Gasteiger partial charge in [-0.3, -0.25) is 4.79 Å². The van der Waals surface area contributed by atoms with Crippen LogP contribution in [0.15, 0.2) is 24.3 Å². The number of rotatable bonds is 4. The molecular formula is C11H15NO. The maximum absolute atomic E-state index is 11.3. The molecule has 0 heterocycles. The molecule has 0 saturated heterocycles. The van der Waals surface area contributed by atoms with Gasteiger partial charge >= 0.3 is 0 Å². The van der Waals surface area contributed by atoms with Crippen molar-refractivity contribution >= 4 is 5.78 Å². The van der Waals surface area contributed by atoms with E-state index in [0.717, 1.165) is 17.5 Å². The van der Waals surface area contributed by atoms with Gasteiger partial charge in [-0.05, 0) is 24.6 Å². The van der Waals surface area contributed by atoms with Crippen molar-refractivity contribution in [3.05, 3.63) is 35.4 Å². The largest absolute Gasteiger partial charge is 0.330 e. The van der Waals surface area contributed by atoms with Gasteiger partial charge in [0.25, 0.3) is 0 Å². The van der Waals surface area contributed by atoms with Gasteiger partial charge in [0.2, 0.25) is 0 Å².